The Kier molecular flexibility index (Phi) is 6.77. The van der Waals surface area contributed by atoms with Crippen LogP contribution in [0.1, 0.15) is 71.0 Å². The van der Waals surface area contributed by atoms with E-state index < -0.39 is 0 Å². The molecule has 0 atom stereocenters. The molecule has 0 bridgehead atoms. The Morgan fingerprint density at radius 2 is 1.90 bits per heavy atom. The second-order valence-corrected chi connectivity index (χ2v) is 5.90. The highest BCUT2D eigenvalue weighted by molar-refractivity contribution is 5.39. The van der Waals surface area contributed by atoms with E-state index in [1.54, 1.807) is 0 Å². The zero-order valence-corrected chi connectivity index (χ0v) is 13.5. The molecule has 1 aromatic rings. The zero-order chi connectivity index (χ0) is 14.9. The Bertz CT molecular complexity index is 414. The summed E-state index contributed by atoms with van der Waals surface area (Å²) in [6, 6.07) is 2.51. The summed E-state index contributed by atoms with van der Waals surface area (Å²) in [5, 5.41) is 3.60. The molecule has 0 unspecified atom stereocenters. The average molecular weight is 291 g/mol. The maximum Gasteiger partial charge on any atom is 0.218 e. The molecule has 2 rings (SSSR count). The topological polar surface area (TPSA) is 47.0 Å². The fourth-order valence-electron chi connectivity index (χ4n) is 2.73. The van der Waals surface area contributed by atoms with Gasteiger partial charge in [-0.15, -0.1) is 0 Å². The summed E-state index contributed by atoms with van der Waals surface area (Å²) < 4.78 is 5.75. The van der Waals surface area contributed by atoms with E-state index in [2.05, 4.69) is 29.1 Å². The second-order valence-electron chi connectivity index (χ2n) is 5.90. The minimum absolute atomic E-state index is 0.551. The minimum Gasteiger partial charge on any atom is -0.478 e. The molecule has 4 heteroatoms. The van der Waals surface area contributed by atoms with Crippen molar-refractivity contribution < 1.29 is 4.74 Å². The Labute approximate surface area is 128 Å². The molecule has 1 aromatic heterocycles. The summed E-state index contributed by atoms with van der Waals surface area (Å²) in [5.74, 6) is 2.51. The first kappa shape index (κ1) is 16.1. The van der Waals surface area contributed by atoms with Crippen LogP contribution in [-0.2, 0) is 6.42 Å². The molecular weight excluding hydrogens is 262 g/mol. The van der Waals surface area contributed by atoms with Gasteiger partial charge < -0.3 is 10.1 Å². The first-order valence-electron chi connectivity index (χ1n) is 8.59. The maximum atomic E-state index is 5.75. The van der Waals surface area contributed by atoms with Gasteiger partial charge in [-0.25, -0.2) is 4.98 Å². The van der Waals surface area contributed by atoms with E-state index in [-0.39, 0.29) is 0 Å². The average Bonchev–Trinajstić information content (AvgIpc) is 2.76. The summed E-state index contributed by atoms with van der Waals surface area (Å²) >= 11 is 0. The summed E-state index contributed by atoms with van der Waals surface area (Å²) in [7, 11) is 0. The van der Waals surface area contributed by atoms with Crippen LogP contribution in [0.5, 0.6) is 5.88 Å². The lowest BCUT2D eigenvalue weighted by atomic mass is 10.1. The highest BCUT2D eigenvalue weighted by Crippen LogP contribution is 2.22. The van der Waals surface area contributed by atoms with Crippen LogP contribution in [0.15, 0.2) is 6.07 Å². The summed E-state index contributed by atoms with van der Waals surface area (Å²) in [4.78, 5) is 9.06. The van der Waals surface area contributed by atoms with Crippen molar-refractivity contribution in [3.63, 3.8) is 0 Å². The number of rotatable bonds is 7. The summed E-state index contributed by atoms with van der Waals surface area (Å²) in [6.45, 7) is 4.99. The fraction of sp³-hybridized carbons (Fsp3) is 0.765. The lowest BCUT2D eigenvalue weighted by Crippen LogP contribution is -2.19. The van der Waals surface area contributed by atoms with Gasteiger partial charge in [0.1, 0.15) is 11.6 Å². The predicted octanol–water partition coefficient (Wildman–Crippen LogP) is 4.35. The van der Waals surface area contributed by atoms with Crippen LogP contribution in [0, 0.1) is 0 Å². The van der Waals surface area contributed by atoms with Crippen molar-refractivity contribution in [1.29, 1.82) is 0 Å². The highest BCUT2D eigenvalue weighted by Gasteiger charge is 2.13. The monoisotopic (exact) mass is 291 g/mol. The van der Waals surface area contributed by atoms with Crippen LogP contribution in [-0.4, -0.2) is 22.6 Å². The van der Waals surface area contributed by atoms with Crippen molar-refractivity contribution in [2.24, 2.45) is 0 Å². The first-order chi connectivity index (χ1) is 10.3. The van der Waals surface area contributed by atoms with Crippen LogP contribution in [0.2, 0.25) is 0 Å². The molecule has 1 aliphatic carbocycles. The van der Waals surface area contributed by atoms with Crippen molar-refractivity contribution >= 4 is 5.82 Å². The number of unbranched alkanes of at least 4 members (excludes halogenated alkanes) is 1. The van der Waals surface area contributed by atoms with E-state index in [4.69, 9.17) is 4.74 Å². The Hall–Kier alpha value is -1.32. The van der Waals surface area contributed by atoms with E-state index in [0.717, 1.165) is 37.5 Å². The van der Waals surface area contributed by atoms with Gasteiger partial charge in [0.25, 0.3) is 0 Å². The Morgan fingerprint density at radius 3 is 2.57 bits per heavy atom. The number of nitrogens with zero attached hydrogens (tertiary/aromatic N) is 2. The molecular formula is C17H29N3O. The maximum absolute atomic E-state index is 5.75. The number of anilines is 1. The molecule has 1 aliphatic rings. The van der Waals surface area contributed by atoms with Gasteiger partial charge in [-0.1, -0.05) is 46.0 Å². The SMILES string of the molecule is CCCCOc1cc(NC2CCCCCC2)nc(CC)n1. The van der Waals surface area contributed by atoms with Gasteiger partial charge in [0.15, 0.2) is 0 Å². The van der Waals surface area contributed by atoms with Gasteiger partial charge >= 0.3 is 0 Å². The minimum atomic E-state index is 0.551. The molecule has 0 aliphatic heterocycles. The number of aromatic nitrogens is 2. The summed E-state index contributed by atoms with van der Waals surface area (Å²) in [5.41, 5.74) is 0. The molecule has 0 radical (unpaired) electrons. The highest BCUT2D eigenvalue weighted by atomic mass is 16.5. The van der Waals surface area contributed by atoms with Crippen molar-refractivity contribution in [3.8, 4) is 5.88 Å². The third-order valence-corrected chi connectivity index (χ3v) is 4.02. The molecule has 21 heavy (non-hydrogen) atoms. The van der Waals surface area contributed by atoms with E-state index >= 15 is 0 Å². The molecule has 4 nitrogen and oxygen atoms in total. The standard InChI is InChI=1S/C17H29N3O/c1-3-5-12-21-17-13-16(19-15(4-2)20-17)18-14-10-8-6-7-9-11-14/h13-14H,3-12H2,1-2H3,(H,18,19,20). The lowest BCUT2D eigenvalue weighted by Gasteiger charge is -2.18. The van der Waals surface area contributed by atoms with Crippen molar-refractivity contribution in [3.05, 3.63) is 11.9 Å². The van der Waals surface area contributed by atoms with Crippen LogP contribution < -0.4 is 10.1 Å². The fourth-order valence-corrected chi connectivity index (χ4v) is 2.73. The third-order valence-electron chi connectivity index (χ3n) is 4.02. The van der Waals surface area contributed by atoms with E-state index in [9.17, 15) is 0 Å². The normalized spacial score (nSPS) is 16.5. The van der Waals surface area contributed by atoms with E-state index in [1.807, 2.05) is 6.07 Å². The Morgan fingerprint density at radius 1 is 1.14 bits per heavy atom. The molecule has 0 spiro atoms. The van der Waals surface area contributed by atoms with Crippen LogP contribution in [0.25, 0.3) is 0 Å². The number of aryl methyl sites for hydroxylation is 1. The van der Waals surface area contributed by atoms with E-state index in [0.29, 0.717) is 11.9 Å². The number of ether oxygens (including phenoxy) is 1. The lowest BCUT2D eigenvalue weighted by molar-refractivity contribution is 0.296. The number of hydrogen-bond donors (Lipinski definition) is 1. The second kappa shape index (κ2) is 8.85. The zero-order valence-electron chi connectivity index (χ0n) is 13.5. The smallest absolute Gasteiger partial charge is 0.218 e. The van der Waals surface area contributed by atoms with E-state index in [1.165, 1.54) is 38.5 Å². The molecule has 1 heterocycles. The molecule has 0 saturated heterocycles. The molecule has 1 N–H and O–H groups in total. The van der Waals surface area contributed by atoms with Gasteiger partial charge in [-0.3, -0.25) is 0 Å². The number of hydrogen-bond acceptors (Lipinski definition) is 4. The van der Waals surface area contributed by atoms with Gasteiger partial charge in [-0.05, 0) is 19.3 Å². The molecule has 1 saturated carbocycles. The summed E-state index contributed by atoms with van der Waals surface area (Å²) in [6.07, 6.45) is 10.9. The Balaban J connectivity index is 2.00. The predicted molar refractivity (Wildman–Crippen MR) is 86.9 cm³/mol. The van der Waals surface area contributed by atoms with Crippen LogP contribution in [0.4, 0.5) is 5.82 Å². The molecule has 118 valence electrons. The van der Waals surface area contributed by atoms with Crippen LogP contribution >= 0.6 is 0 Å². The molecule has 0 amide bonds. The number of nitrogens with one attached hydrogen (secondary N) is 1. The largest absolute Gasteiger partial charge is 0.478 e. The first-order valence-corrected chi connectivity index (χ1v) is 8.59. The van der Waals surface area contributed by atoms with Gasteiger partial charge in [0.2, 0.25) is 5.88 Å². The van der Waals surface area contributed by atoms with Gasteiger partial charge in [-0.2, -0.15) is 4.98 Å². The molecule has 0 aromatic carbocycles. The molecule has 1 fully saturated rings. The van der Waals surface area contributed by atoms with Crippen LogP contribution in [0.3, 0.4) is 0 Å². The van der Waals surface area contributed by atoms with Crippen molar-refractivity contribution in [1.82, 2.24) is 9.97 Å². The van der Waals surface area contributed by atoms with Crippen molar-refractivity contribution in [2.75, 3.05) is 11.9 Å². The quantitative estimate of drug-likeness (QED) is 0.599. The van der Waals surface area contributed by atoms with Gasteiger partial charge in [0.05, 0.1) is 6.61 Å². The van der Waals surface area contributed by atoms with Gasteiger partial charge in [0, 0.05) is 18.5 Å². The van der Waals surface area contributed by atoms with Crippen molar-refractivity contribution in [2.45, 2.75) is 77.7 Å². The third kappa shape index (κ3) is 5.52.